The third kappa shape index (κ3) is 4.21. The summed E-state index contributed by atoms with van der Waals surface area (Å²) in [5.74, 6) is -1.01. The normalized spacial score (nSPS) is 18.4. The molecule has 2 rings (SSSR count). The lowest BCUT2D eigenvalue weighted by Crippen LogP contribution is -2.37. The zero-order valence-corrected chi connectivity index (χ0v) is 12.1. The number of alkyl halides is 3. The van der Waals surface area contributed by atoms with Gasteiger partial charge in [-0.05, 0) is 12.8 Å². The van der Waals surface area contributed by atoms with Gasteiger partial charge in [-0.1, -0.05) is 0 Å². The van der Waals surface area contributed by atoms with E-state index >= 15 is 0 Å². The van der Waals surface area contributed by atoms with Crippen LogP contribution in [0.5, 0.6) is 0 Å². The summed E-state index contributed by atoms with van der Waals surface area (Å²) in [4.78, 5) is 23.4. The highest BCUT2D eigenvalue weighted by Crippen LogP contribution is 2.36. The molecule has 0 aromatic carbocycles. The van der Waals surface area contributed by atoms with Crippen LogP contribution in [0.25, 0.3) is 0 Å². The van der Waals surface area contributed by atoms with E-state index in [0.717, 1.165) is 6.20 Å². The maximum Gasteiger partial charge on any atom is 0.423 e. The Labute approximate surface area is 129 Å². The Bertz CT molecular complexity index is 617. The second-order valence-electron chi connectivity index (χ2n) is 5.17. The first kappa shape index (κ1) is 17.3. The Kier molecular flexibility index (Phi) is 5.24. The second kappa shape index (κ2) is 6.99. The number of carbonyl (C=O) groups is 1. The monoisotopic (exact) mass is 335 g/mol. The summed E-state index contributed by atoms with van der Waals surface area (Å²) in [6.45, 7) is 0.429. The van der Waals surface area contributed by atoms with Gasteiger partial charge in [-0.2, -0.15) is 18.3 Å². The van der Waals surface area contributed by atoms with Crippen molar-refractivity contribution in [2.24, 2.45) is 0 Å². The van der Waals surface area contributed by atoms with Crippen molar-refractivity contribution < 1.29 is 27.8 Å². The van der Waals surface area contributed by atoms with Gasteiger partial charge in [-0.15, -0.1) is 0 Å². The molecule has 0 spiro atoms. The van der Waals surface area contributed by atoms with Crippen molar-refractivity contribution in [3.63, 3.8) is 0 Å². The van der Waals surface area contributed by atoms with Crippen LogP contribution in [0.3, 0.4) is 0 Å². The quantitative estimate of drug-likeness (QED) is 0.760. The topological polar surface area (TPSA) is 95.5 Å². The Hall–Kier alpha value is -2.10. The maximum atomic E-state index is 13.1. The van der Waals surface area contributed by atoms with Crippen molar-refractivity contribution in [3.05, 3.63) is 22.1 Å². The molecule has 0 radical (unpaired) electrons. The molecule has 0 bridgehead atoms. The van der Waals surface area contributed by atoms with Gasteiger partial charge < -0.3 is 14.7 Å². The summed E-state index contributed by atoms with van der Waals surface area (Å²) in [7, 11) is 0. The number of anilines is 1. The first-order valence-corrected chi connectivity index (χ1v) is 7.01. The van der Waals surface area contributed by atoms with Crippen molar-refractivity contribution in [3.8, 4) is 0 Å². The minimum atomic E-state index is -4.79. The van der Waals surface area contributed by atoms with Crippen LogP contribution in [0.1, 0.15) is 24.8 Å². The second-order valence-corrected chi connectivity index (χ2v) is 5.17. The lowest BCUT2D eigenvalue weighted by atomic mass is 10.2. The molecule has 1 fully saturated rings. The van der Waals surface area contributed by atoms with E-state index in [2.05, 4.69) is 5.10 Å². The molecule has 1 aromatic heterocycles. The summed E-state index contributed by atoms with van der Waals surface area (Å²) in [5.41, 5.74) is -2.83. The van der Waals surface area contributed by atoms with Gasteiger partial charge in [-0.25, -0.2) is 5.10 Å². The maximum absolute atomic E-state index is 13.1. The van der Waals surface area contributed by atoms with Crippen LogP contribution in [0.15, 0.2) is 11.0 Å². The number of nitrogens with zero attached hydrogens (tertiary/aromatic N) is 2. The van der Waals surface area contributed by atoms with E-state index in [-0.39, 0.29) is 31.4 Å². The van der Waals surface area contributed by atoms with E-state index < -0.39 is 23.3 Å². The van der Waals surface area contributed by atoms with Crippen molar-refractivity contribution in [2.45, 2.75) is 31.5 Å². The third-order valence-corrected chi connectivity index (χ3v) is 3.58. The molecule has 0 saturated carbocycles. The summed E-state index contributed by atoms with van der Waals surface area (Å²) in [6.07, 6.45) is -2.73. The van der Waals surface area contributed by atoms with E-state index in [4.69, 9.17) is 9.84 Å². The molecule has 2 heterocycles. The molecule has 1 aliphatic rings. The van der Waals surface area contributed by atoms with Crippen LogP contribution in [0, 0.1) is 0 Å². The average molecular weight is 335 g/mol. The van der Waals surface area contributed by atoms with Gasteiger partial charge in [0.05, 0.1) is 37.6 Å². The first-order chi connectivity index (χ1) is 10.8. The van der Waals surface area contributed by atoms with Crippen molar-refractivity contribution >= 4 is 11.7 Å². The van der Waals surface area contributed by atoms with Gasteiger partial charge in [0.2, 0.25) is 0 Å². The molecule has 1 unspecified atom stereocenters. The Morgan fingerprint density at radius 1 is 1.52 bits per heavy atom. The highest BCUT2D eigenvalue weighted by molar-refractivity contribution is 5.66. The van der Waals surface area contributed by atoms with Gasteiger partial charge in [0.1, 0.15) is 5.56 Å². The molecule has 7 nitrogen and oxygen atoms in total. The van der Waals surface area contributed by atoms with Crippen molar-refractivity contribution in [1.82, 2.24) is 10.2 Å². The van der Waals surface area contributed by atoms with Crippen LogP contribution in [-0.4, -0.2) is 47.1 Å². The van der Waals surface area contributed by atoms with Gasteiger partial charge in [0, 0.05) is 6.54 Å². The largest absolute Gasteiger partial charge is 0.481 e. The molecule has 1 atom stereocenters. The summed E-state index contributed by atoms with van der Waals surface area (Å²) < 4.78 is 44.6. The van der Waals surface area contributed by atoms with Crippen LogP contribution < -0.4 is 10.5 Å². The average Bonchev–Trinajstić information content (AvgIpc) is 2.90. The number of rotatable bonds is 6. The molecular formula is C13H16F3N3O4. The zero-order chi connectivity index (χ0) is 17.0. The lowest BCUT2D eigenvalue weighted by Gasteiger charge is -2.28. The molecule has 23 heavy (non-hydrogen) atoms. The van der Waals surface area contributed by atoms with Crippen LogP contribution >= 0.6 is 0 Å². The molecule has 0 amide bonds. The number of carboxylic acid groups (broad SMARTS) is 1. The predicted molar refractivity (Wildman–Crippen MR) is 73.3 cm³/mol. The van der Waals surface area contributed by atoms with E-state index in [1.807, 2.05) is 0 Å². The lowest BCUT2D eigenvalue weighted by molar-refractivity contribution is -0.139. The molecule has 0 aliphatic carbocycles. The molecule has 1 aliphatic heterocycles. The van der Waals surface area contributed by atoms with Crippen LogP contribution in [0.4, 0.5) is 18.9 Å². The highest BCUT2D eigenvalue weighted by Gasteiger charge is 2.40. The predicted octanol–water partition coefficient (Wildman–Crippen LogP) is 1.25. The third-order valence-electron chi connectivity index (χ3n) is 3.58. The fraction of sp³-hybridized carbons (Fsp3) is 0.615. The number of nitrogens with one attached hydrogen (secondary N) is 1. The van der Waals surface area contributed by atoms with Crippen molar-refractivity contribution in [1.29, 1.82) is 0 Å². The summed E-state index contributed by atoms with van der Waals surface area (Å²) >= 11 is 0. The number of H-pyrrole nitrogens is 1. The fourth-order valence-corrected chi connectivity index (χ4v) is 2.59. The standard InChI is InChI=1S/C13H16F3N3O4/c14-13(15,16)11-9(6-17-18-12(11)22)19-4-1-2-8(19)7-23-5-3-10(20)21/h6,8H,1-5,7H2,(H,18,22)(H,20,21). The van der Waals surface area contributed by atoms with Gasteiger partial charge in [0.25, 0.3) is 5.56 Å². The number of aromatic amines is 1. The number of aliphatic carboxylic acids is 1. The minimum absolute atomic E-state index is 0.0145. The number of aromatic nitrogens is 2. The summed E-state index contributed by atoms with van der Waals surface area (Å²) in [5, 5.41) is 13.8. The Morgan fingerprint density at radius 3 is 2.91 bits per heavy atom. The van der Waals surface area contributed by atoms with Gasteiger partial charge >= 0.3 is 12.1 Å². The number of carboxylic acids is 1. The van der Waals surface area contributed by atoms with Crippen LogP contribution in [-0.2, 0) is 15.7 Å². The minimum Gasteiger partial charge on any atom is -0.481 e. The SMILES string of the molecule is O=C(O)CCOCC1CCCN1c1cn[nH]c(=O)c1C(F)(F)F. The molecule has 1 saturated heterocycles. The zero-order valence-electron chi connectivity index (χ0n) is 12.1. The first-order valence-electron chi connectivity index (χ1n) is 7.01. The summed E-state index contributed by atoms with van der Waals surface area (Å²) in [6, 6.07) is -0.353. The Balaban J connectivity index is 2.16. The number of ether oxygens (including phenoxy) is 1. The van der Waals surface area contributed by atoms with E-state index in [9.17, 15) is 22.8 Å². The Morgan fingerprint density at radius 2 is 2.26 bits per heavy atom. The van der Waals surface area contributed by atoms with Crippen molar-refractivity contribution in [2.75, 3.05) is 24.7 Å². The highest BCUT2D eigenvalue weighted by atomic mass is 19.4. The molecule has 128 valence electrons. The molecular weight excluding hydrogens is 319 g/mol. The molecule has 2 N–H and O–H groups in total. The number of hydrogen-bond acceptors (Lipinski definition) is 5. The van der Waals surface area contributed by atoms with E-state index in [1.165, 1.54) is 4.90 Å². The van der Waals surface area contributed by atoms with E-state index in [1.54, 1.807) is 5.10 Å². The van der Waals surface area contributed by atoms with Gasteiger partial charge in [-0.3, -0.25) is 9.59 Å². The molecule has 10 heteroatoms. The van der Waals surface area contributed by atoms with E-state index in [0.29, 0.717) is 19.4 Å². The number of halogens is 3. The van der Waals surface area contributed by atoms with Crippen LogP contribution in [0.2, 0.25) is 0 Å². The molecule has 1 aromatic rings. The number of hydrogen-bond donors (Lipinski definition) is 2. The van der Waals surface area contributed by atoms with Gasteiger partial charge in [0.15, 0.2) is 0 Å². The fourth-order valence-electron chi connectivity index (χ4n) is 2.59. The smallest absolute Gasteiger partial charge is 0.423 e.